The van der Waals surface area contributed by atoms with Crippen LogP contribution in [0.3, 0.4) is 0 Å². The largest absolute Gasteiger partial charge is 0.379 e. The molecule has 0 radical (unpaired) electrons. The Morgan fingerprint density at radius 3 is 2.76 bits per heavy atom. The number of hydrogen-bond acceptors (Lipinski definition) is 4. The van der Waals surface area contributed by atoms with Gasteiger partial charge in [0, 0.05) is 12.6 Å². The Bertz CT molecular complexity index is 705. The minimum atomic E-state index is -0.448. The van der Waals surface area contributed by atoms with Crippen molar-refractivity contribution in [3.63, 3.8) is 0 Å². The van der Waals surface area contributed by atoms with E-state index in [0.29, 0.717) is 17.8 Å². The van der Waals surface area contributed by atoms with E-state index in [9.17, 15) is 10.1 Å². The number of nitro benzene ring substituents is 1. The number of benzene rings is 2. The van der Waals surface area contributed by atoms with Gasteiger partial charge in [-0.1, -0.05) is 29.8 Å². The molecule has 0 amide bonds. The van der Waals surface area contributed by atoms with Crippen LogP contribution in [-0.2, 0) is 6.42 Å². The van der Waals surface area contributed by atoms with E-state index in [-0.39, 0.29) is 5.69 Å². The summed E-state index contributed by atoms with van der Waals surface area (Å²) in [5.74, 6) is 0. The van der Waals surface area contributed by atoms with E-state index < -0.39 is 4.92 Å². The van der Waals surface area contributed by atoms with Crippen LogP contribution >= 0.6 is 0 Å². The van der Waals surface area contributed by atoms with Gasteiger partial charge in [-0.05, 0) is 31.0 Å². The van der Waals surface area contributed by atoms with Gasteiger partial charge in [-0.3, -0.25) is 10.1 Å². The minimum Gasteiger partial charge on any atom is -0.379 e. The van der Waals surface area contributed by atoms with E-state index in [2.05, 4.69) is 11.4 Å². The Labute approximate surface area is 123 Å². The van der Waals surface area contributed by atoms with Crippen molar-refractivity contribution in [2.24, 2.45) is 0 Å². The third kappa shape index (κ3) is 3.80. The summed E-state index contributed by atoms with van der Waals surface area (Å²) >= 11 is 0. The van der Waals surface area contributed by atoms with Gasteiger partial charge in [0.1, 0.15) is 5.69 Å². The van der Waals surface area contributed by atoms with Crippen LogP contribution in [0.5, 0.6) is 0 Å². The average molecular weight is 281 g/mol. The number of nitro groups is 1. The summed E-state index contributed by atoms with van der Waals surface area (Å²) in [5.41, 5.74) is 3.12. The van der Waals surface area contributed by atoms with Crippen molar-refractivity contribution >= 4 is 11.4 Å². The van der Waals surface area contributed by atoms with Gasteiger partial charge >= 0.3 is 0 Å². The molecule has 21 heavy (non-hydrogen) atoms. The maximum absolute atomic E-state index is 11.0. The van der Waals surface area contributed by atoms with Gasteiger partial charge in [-0.2, -0.15) is 5.26 Å². The molecule has 0 aliphatic heterocycles. The third-order valence-electron chi connectivity index (χ3n) is 3.13. The molecule has 2 aromatic carbocycles. The summed E-state index contributed by atoms with van der Waals surface area (Å²) < 4.78 is 0. The van der Waals surface area contributed by atoms with Crippen LogP contribution < -0.4 is 5.32 Å². The number of anilines is 1. The SMILES string of the molecule is Cc1cccc(CCNc2cc(C#N)ccc2[N+](=O)[O-])c1. The van der Waals surface area contributed by atoms with E-state index in [0.717, 1.165) is 6.42 Å². The molecule has 1 N–H and O–H groups in total. The Morgan fingerprint density at radius 1 is 1.29 bits per heavy atom. The second kappa shape index (κ2) is 6.53. The van der Waals surface area contributed by atoms with E-state index in [1.54, 1.807) is 0 Å². The molecule has 0 heterocycles. The lowest BCUT2D eigenvalue weighted by molar-refractivity contribution is -0.384. The van der Waals surface area contributed by atoms with Gasteiger partial charge in [0.15, 0.2) is 0 Å². The number of aryl methyl sites for hydroxylation is 1. The zero-order valence-electron chi connectivity index (χ0n) is 11.7. The molecule has 0 aliphatic carbocycles. The average Bonchev–Trinajstić information content (AvgIpc) is 2.47. The maximum atomic E-state index is 11.0. The van der Waals surface area contributed by atoms with Gasteiger partial charge < -0.3 is 5.32 Å². The lowest BCUT2D eigenvalue weighted by atomic mass is 10.1. The van der Waals surface area contributed by atoms with Crippen LogP contribution in [0.1, 0.15) is 16.7 Å². The summed E-state index contributed by atoms with van der Waals surface area (Å²) in [6, 6.07) is 14.4. The molecule has 0 atom stereocenters. The van der Waals surface area contributed by atoms with Crippen molar-refractivity contribution in [2.45, 2.75) is 13.3 Å². The first kappa shape index (κ1) is 14.5. The first-order valence-electron chi connectivity index (χ1n) is 6.58. The van der Waals surface area contributed by atoms with Crippen molar-refractivity contribution in [2.75, 3.05) is 11.9 Å². The normalized spacial score (nSPS) is 9.90. The predicted octanol–water partition coefficient (Wildman–Crippen LogP) is 3.43. The first-order valence-corrected chi connectivity index (χ1v) is 6.58. The van der Waals surface area contributed by atoms with Gasteiger partial charge in [0.25, 0.3) is 5.69 Å². The summed E-state index contributed by atoms with van der Waals surface area (Å²) in [5, 5.41) is 22.9. The summed E-state index contributed by atoms with van der Waals surface area (Å²) in [7, 11) is 0. The van der Waals surface area contributed by atoms with Crippen LogP contribution in [0, 0.1) is 28.4 Å². The summed E-state index contributed by atoms with van der Waals surface area (Å²) in [4.78, 5) is 10.5. The molecule has 0 aromatic heterocycles. The number of rotatable bonds is 5. The predicted molar refractivity (Wildman–Crippen MR) is 81.2 cm³/mol. The first-order chi connectivity index (χ1) is 10.1. The second-order valence-corrected chi connectivity index (χ2v) is 4.77. The molecular formula is C16H15N3O2. The Kier molecular flexibility index (Phi) is 4.52. The fourth-order valence-electron chi connectivity index (χ4n) is 2.12. The van der Waals surface area contributed by atoms with Crippen molar-refractivity contribution < 1.29 is 4.92 Å². The molecule has 0 spiro atoms. The number of hydrogen-bond donors (Lipinski definition) is 1. The lowest BCUT2D eigenvalue weighted by Crippen LogP contribution is -2.07. The molecular weight excluding hydrogens is 266 g/mol. The van der Waals surface area contributed by atoms with Gasteiger partial charge in [0.2, 0.25) is 0 Å². The molecule has 106 valence electrons. The fraction of sp³-hybridized carbons (Fsp3) is 0.188. The van der Waals surface area contributed by atoms with Gasteiger partial charge in [0.05, 0.1) is 16.6 Å². The van der Waals surface area contributed by atoms with Crippen molar-refractivity contribution in [3.8, 4) is 6.07 Å². The number of nitriles is 1. The highest BCUT2D eigenvalue weighted by Gasteiger charge is 2.13. The highest BCUT2D eigenvalue weighted by atomic mass is 16.6. The smallest absolute Gasteiger partial charge is 0.292 e. The number of nitrogens with one attached hydrogen (secondary N) is 1. The van der Waals surface area contributed by atoms with E-state index in [1.165, 1.54) is 29.3 Å². The summed E-state index contributed by atoms with van der Waals surface area (Å²) in [6.45, 7) is 2.59. The molecule has 2 aromatic rings. The zero-order valence-corrected chi connectivity index (χ0v) is 11.7. The molecule has 2 rings (SSSR count). The highest BCUT2D eigenvalue weighted by molar-refractivity contribution is 5.64. The van der Waals surface area contributed by atoms with Crippen LogP contribution in [0.2, 0.25) is 0 Å². The highest BCUT2D eigenvalue weighted by Crippen LogP contribution is 2.25. The Balaban J connectivity index is 2.09. The third-order valence-corrected chi connectivity index (χ3v) is 3.13. The van der Waals surface area contributed by atoms with Crippen LogP contribution in [0.4, 0.5) is 11.4 Å². The maximum Gasteiger partial charge on any atom is 0.292 e. The van der Waals surface area contributed by atoms with Gasteiger partial charge in [-0.15, -0.1) is 0 Å². The fourth-order valence-corrected chi connectivity index (χ4v) is 2.12. The second-order valence-electron chi connectivity index (χ2n) is 4.77. The number of nitrogens with zero attached hydrogens (tertiary/aromatic N) is 2. The van der Waals surface area contributed by atoms with Crippen LogP contribution in [-0.4, -0.2) is 11.5 Å². The Morgan fingerprint density at radius 2 is 2.10 bits per heavy atom. The van der Waals surface area contributed by atoms with Crippen LogP contribution in [0.25, 0.3) is 0 Å². The van der Waals surface area contributed by atoms with Crippen molar-refractivity contribution in [1.29, 1.82) is 5.26 Å². The topological polar surface area (TPSA) is 79.0 Å². The molecule has 0 bridgehead atoms. The van der Waals surface area contributed by atoms with Crippen LogP contribution in [0.15, 0.2) is 42.5 Å². The molecule has 0 saturated carbocycles. The molecule has 5 nitrogen and oxygen atoms in total. The lowest BCUT2D eigenvalue weighted by Gasteiger charge is -2.08. The standard InChI is InChI=1S/C16H15N3O2/c1-12-3-2-4-13(9-12)7-8-18-15-10-14(11-17)5-6-16(15)19(20)21/h2-6,9-10,18H,7-8H2,1H3. The van der Waals surface area contributed by atoms with E-state index >= 15 is 0 Å². The molecule has 0 saturated heterocycles. The molecule has 5 heteroatoms. The molecule has 0 fully saturated rings. The summed E-state index contributed by atoms with van der Waals surface area (Å²) in [6.07, 6.45) is 0.760. The quantitative estimate of drug-likeness (QED) is 0.672. The van der Waals surface area contributed by atoms with Crippen molar-refractivity contribution in [1.82, 2.24) is 0 Å². The molecule has 0 unspecified atom stereocenters. The van der Waals surface area contributed by atoms with E-state index in [4.69, 9.17) is 5.26 Å². The Hall–Kier alpha value is -2.87. The van der Waals surface area contributed by atoms with E-state index in [1.807, 2.05) is 31.2 Å². The minimum absolute atomic E-state index is 0.0155. The van der Waals surface area contributed by atoms with Gasteiger partial charge in [-0.25, -0.2) is 0 Å². The zero-order chi connectivity index (χ0) is 15.2. The van der Waals surface area contributed by atoms with Crippen molar-refractivity contribution in [3.05, 3.63) is 69.3 Å². The molecule has 0 aliphatic rings. The monoisotopic (exact) mass is 281 g/mol.